The molecule has 1 rings (SSSR count). The topological polar surface area (TPSA) is 68.5 Å². The first-order chi connectivity index (χ1) is 8.77. The van der Waals surface area contributed by atoms with Gasteiger partial charge in [-0.1, -0.05) is 0 Å². The Morgan fingerprint density at radius 2 is 2.16 bits per heavy atom. The number of nitrogens with zero attached hydrogens (tertiary/aromatic N) is 3. The highest BCUT2D eigenvalue weighted by atomic mass is 19.4. The largest absolute Gasteiger partial charge is 0.420 e. The Morgan fingerprint density at radius 3 is 2.63 bits per heavy atom. The highest BCUT2D eigenvalue weighted by molar-refractivity contribution is 5.52. The van der Waals surface area contributed by atoms with E-state index in [9.17, 15) is 23.3 Å². The summed E-state index contributed by atoms with van der Waals surface area (Å²) in [6, 6.07) is 0.478. The second-order valence-electron chi connectivity index (χ2n) is 3.73. The standard InChI is InChI=1S/C10H12F3N3O3/c1-15(3-4-19-2)9-8(10(11,12)13)5-7(6-14-9)16(17)18/h5-6H,3-4H2,1-2H3. The molecule has 0 saturated carbocycles. The van der Waals surface area contributed by atoms with Crippen molar-refractivity contribution in [1.82, 2.24) is 4.98 Å². The molecule has 0 atom stereocenters. The minimum Gasteiger partial charge on any atom is -0.383 e. The molecule has 0 aromatic carbocycles. The average Bonchev–Trinajstić information content (AvgIpc) is 2.34. The van der Waals surface area contributed by atoms with Gasteiger partial charge in [0.2, 0.25) is 0 Å². The van der Waals surface area contributed by atoms with Crippen molar-refractivity contribution >= 4 is 11.5 Å². The molecule has 0 spiro atoms. The van der Waals surface area contributed by atoms with E-state index in [1.807, 2.05) is 0 Å². The van der Waals surface area contributed by atoms with Crippen LogP contribution >= 0.6 is 0 Å². The van der Waals surface area contributed by atoms with Crippen LogP contribution in [0.2, 0.25) is 0 Å². The van der Waals surface area contributed by atoms with E-state index in [0.29, 0.717) is 6.07 Å². The molecule has 0 saturated heterocycles. The van der Waals surface area contributed by atoms with Crippen LogP contribution in [-0.2, 0) is 10.9 Å². The van der Waals surface area contributed by atoms with Gasteiger partial charge in [0, 0.05) is 26.8 Å². The fourth-order valence-corrected chi connectivity index (χ4v) is 1.39. The molecule has 106 valence electrons. The number of methoxy groups -OCH3 is 1. The Bertz CT molecular complexity index is 465. The maximum atomic E-state index is 12.9. The molecule has 9 heteroatoms. The van der Waals surface area contributed by atoms with Crippen molar-refractivity contribution in [3.63, 3.8) is 0 Å². The van der Waals surface area contributed by atoms with Crippen molar-refractivity contribution in [3.8, 4) is 0 Å². The third-order valence-corrected chi connectivity index (χ3v) is 2.36. The van der Waals surface area contributed by atoms with Crippen LogP contribution in [0.15, 0.2) is 12.3 Å². The summed E-state index contributed by atoms with van der Waals surface area (Å²) in [4.78, 5) is 14.3. The van der Waals surface area contributed by atoms with Gasteiger partial charge in [-0.3, -0.25) is 10.1 Å². The van der Waals surface area contributed by atoms with E-state index in [-0.39, 0.29) is 19.0 Å². The molecule has 1 heterocycles. The number of rotatable bonds is 5. The zero-order chi connectivity index (χ0) is 14.6. The van der Waals surface area contributed by atoms with Crippen molar-refractivity contribution in [2.75, 3.05) is 32.2 Å². The van der Waals surface area contributed by atoms with Crippen LogP contribution in [0.3, 0.4) is 0 Å². The third-order valence-electron chi connectivity index (χ3n) is 2.36. The fourth-order valence-electron chi connectivity index (χ4n) is 1.39. The Balaban J connectivity index is 3.20. The Morgan fingerprint density at radius 1 is 1.53 bits per heavy atom. The first kappa shape index (κ1) is 15.2. The zero-order valence-corrected chi connectivity index (χ0v) is 10.3. The quantitative estimate of drug-likeness (QED) is 0.609. The van der Waals surface area contributed by atoms with Crippen molar-refractivity contribution in [3.05, 3.63) is 27.9 Å². The Hall–Kier alpha value is -1.90. The van der Waals surface area contributed by atoms with Crippen LogP contribution in [0.5, 0.6) is 0 Å². The van der Waals surface area contributed by atoms with E-state index < -0.39 is 22.4 Å². The van der Waals surface area contributed by atoms with Crippen molar-refractivity contribution in [2.45, 2.75) is 6.18 Å². The van der Waals surface area contributed by atoms with Gasteiger partial charge >= 0.3 is 6.18 Å². The molecule has 1 aromatic heterocycles. The number of halogens is 3. The van der Waals surface area contributed by atoms with Gasteiger partial charge < -0.3 is 9.64 Å². The molecule has 0 amide bonds. The SMILES string of the molecule is COCCN(C)c1ncc([N+](=O)[O-])cc1C(F)(F)F. The summed E-state index contributed by atoms with van der Waals surface area (Å²) in [5.41, 5.74) is -1.84. The molecule has 0 radical (unpaired) electrons. The molecule has 6 nitrogen and oxygen atoms in total. The van der Waals surface area contributed by atoms with E-state index in [2.05, 4.69) is 4.98 Å². The summed E-state index contributed by atoms with van der Waals surface area (Å²) in [5.74, 6) is -0.366. The summed E-state index contributed by atoms with van der Waals surface area (Å²) in [6.07, 6.45) is -3.91. The van der Waals surface area contributed by atoms with Crippen LogP contribution in [0, 0.1) is 10.1 Å². The molecule has 0 aliphatic carbocycles. The summed E-state index contributed by atoms with van der Waals surface area (Å²) in [7, 11) is 2.82. The van der Waals surface area contributed by atoms with E-state index in [1.54, 1.807) is 0 Å². The smallest absolute Gasteiger partial charge is 0.383 e. The van der Waals surface area contributed by atoms with Gasteiger partial charge in [-0.05, 0) is 0 Å². The number of nitro groups is 1. The normalized spacial score (nSPS) is 11.4. The molecular weight excluding hydrogens is 267 g/mol. The molecule has 0 unspecified atom stereocenters. The predicted molar refractivity (Wildman–Crippen MR) is 61.0 cm³/mol. The highest BCUT2D eigenvalue weighted by Gasteiger charge is 2.37. The second kappa shape index (κ2) is 5.83. The number of pyridine rings is 1. The van der Waals surface area contributed by atoms with E-state index in [0.717, 1.165) is 6.20 Å². The number of likely N-dealkylation sites (N-methyl/N-ethyl adjacent to an activating group) is 1. The van der Waals surface area contributed by atoms with Crippen LogP contribution in [0.4, 0.5) is 24.7 Å². The first-order valence-corrected chi connectivity index (χ1v) is 5.19. The summed E-state index contributed by atoms with van der Waals surface area (Å²) < 4.78 is 43.3. The lowest BCUT2D eigenvalue weighted by Gasteiger charge is -2.21. The number of hydrogen-bond donors (Lipinski definition) is 0. The number of alkyl halides is 3. The lowest BCUT2D eigenvalue weighted by molar-refractivity contribution is -0.385. The zero-order valence-electron chi connectivity index (χ0n) is 10.3. The van der Waals surface area contributed by atoms with Gasteiger partial charge in [-0.15, -0.1) is 0 Å². The minimum absolute atomic E-state index is 0.185. The molecule has 0 bridgehead atoms. The summed E-state index contributed by atoms with van der Waals surface area (Å²) in [6.45, 7) is 0.400. The second-order valence-corrected chi connectivity index (χ2v) is 3.73. The number of anilines is 1. The van der Waals surface area contributed by atoms with Gasteiger partial charge in [0.15, 0.2) is 0 Å². The lowest BCUT2D eigenvalue weighted by atomic mass is 10.2. The molecule has 0 fully saturated rings. The van der Waals surface area contributed by atoms with Crippen molar-refractivity contribution < 1.29 is 22.8 Å². The fraction of sp³-hybridized carbons (Fsp3) is 0.500. The van der Waals surface area contributed by atoms with Gasteiger partial charge in [0.05, 0.1) is 11.5 Å². The van der Waals surface area contributed by atoms with Crippen LogP contribution in [-0.4, -0.2) is 37.2 Å². The molecule has 0 aliphatic heterocycles. The van der Waals surface area contributed by atoms with E-state index in [4.69, 9.17) is 4.74 Å². The maximum Gasteiger partial charge on any atom is 0.420 e. The maximum absolute atomic E-state index is 12.9. The van der Waals surface area contributed by atoms with Crippen LogP contribution in [0.25, 0.3) is 0 Å². The molecule has 19 heavy (non-hydrogen) atoms. The van der Waals surface area contributed by atoms with Crippen molar-refractivity contribution in [1.29, 1.82) is 0 Å². The van der Waals surface area contributed by atoms with E-state index >= 15 is 0 Å². The Labute approximate surface area is 106 Å². The number of hydrogen-bond acceptors (Lipinski definition) is 5. The van der Waals surface area contributed by atoms with Crippen LogP contribution < -0.4 is 4.90 Å². The van der Waals surface area contributed by atoms with Gasteiger partial charge in [0.1, 0.15) is 17.6 Å². The van der Waals surface area contributed by atoms with Gasteiger partial charge in [-0.25, -0.2) is 4.98 Å². The monoisotopic (exact) mass is 279 g/mol. The molecular formula is C10H12F3N3O3. The summed E-state index contributed by atoms with van der Waals surface area (Å²) >= 11 is 0. The van der Waals surface area contributed by atoms with Gasteiger partial charge in [0.25, 0.3) is 5.69 Å². The van der Waals surface area contributed by atoms with Gasteiger partial charge in [-0.2, -0.15) is 13.2 Å². The first-order valence-electron chi connectivity index (χ1n) is 5.19. The highest BCUT2D eigenvalue weighted by Crippen LogP contribution is 2.36. The summed E-state index contributed by atoms with van der Waals surface area (Å²) in [5, 5.41) is 10.5. The molecule has 0 aliphatic rings. The third kappa shape index (κ3) is 3.78. The number of aromatic nitrogens is 1. The van der Waals surface area contributed by atoms with Crippen LogP contribution in [0.1, 0.15) is 5.56 Å². The average molecular weight is 279 g/mol. The molecule has 0 N–H and O–H groups in total. The Kier molecular flexibility index (Phi) is 4.65. The number of ether oxygens (including phenoxy) is 1. The van der Waals surface area contributed by atoms with Crippen molar-refractivity contribution in [2.24, 2.45) is 0 Å². The minimum atomic E-state index is -4.71. The molecule has 1 aromatic rings. The van der Waals surface area contributed by atoms with E-state index in [1.165, 1.54) is 19.1 Å². The lowest BCUT2D eigenvalue weighted by Crippen LogP contribution is -2.26. The predicted octanol–water partition coefficient (Wildman–Crippen LogP) is 2.09.